The Morgan fingerprint density at radius 1 is 0.857 bits per heavy atom. The first-order valence-electron chi connectivity index (χ1n) is 10.5. The van der Waals surface area contributed by atoms with Gasteiger partial charge in [-0.1, -0.05) is 29.8 Å². The second-order valence-electron chi connectivity index (χ2n) is 7.58. The third-order valence-electron chi connectivity index (χ3n) is 4.96. The lowest BCUT2D eigenvalue weighted by molar-refractivity contribution is -0.384. The van der Waals surface area contributed by atoms with Crippen LogP contribution in [0.1, 0.15) is 16.7 Å². The molecule has 0 amide bonds. The average Bonchev–Trinajstić information content (AvgIpc) is 2.82. The number of hydrogen-bond donors (Lipinski definition) is 3. The van der Waals surface area contributed by atoms with Crippen LogP contribution in [0.3, 0.4) is 0 Å². The minimum Gasteiger partial charge on any atom is -0.324 e. The van der Waals surface area contributed by atoms with E-state index in [0.717, 1.165) is 16.8 Å². The van der Waals surface area contributed by atoms with Gasteiger partial charge < -0.3 is 10.6 Å². The lowest BCUT2D eigenvalue weighted by Gasteiger charge is -2.11. The van der Waals surface area contributed by atoms with Crippen LogP contribution in [0, 0.1) is 24.0 Å². The first-order valence-corrected chi connectivity index (χ1v) is 10.9. The van der Waals surface area contributed by atoms with Gasteiger partial charge in [-0.25, -0.2) is 5.43 Å². The highest BCUT2D eigenvalue weighted by Crippen LogP contribution is 2.22. The summed E-state index contributed by atoms with van der Waals surface area (Å²) >= 11 is 6.02. The number of non-ortho nitro benzene ring substituents is 1. The molecule has 0 fully saturated rings. The molecule has 11 heteroatoms. The third-order valence-corrected chi connectivity index (χ3v) is 5.19. The lowest BCUT2D eigenvalue weighted by atomic mass is 10.1. The van der Waals surface area contributed by atoms with E-state index in [-0.39, 0.29) is 23.5 Å². The fraction of sp³-hybridized carbons (Fsp3) is 0.0833. The summed E-state index contributed by atoms with van der Waals surface area (Å²) in [6.45, 7) is 4.06. The number of nitrogens with zero attached hydrogens (tertiary/aromatic N) is 5. The third kappa shape index (κ3) is 6.49. The zero-order chi connectivity index (χ0) is 24.8. The number of aryl methyl sites for hydroxylation is 2. The maximum absolute atomic E-state index is 10.9. The standard InChI is InChI=1S/C24H21ClN8O2/c1-15-6-7-20(12-16(15)2)28-23-29-22(27-19-8-10-21(11-9-19)33(34)35)30-24(31-23)32-26-14-17-4-3-5-18(25)13-17/h3-14H,1-2H3,(H3,27,28,29,30,31,32)/b26-14+. The van der Waals surface area contributed by atoms with Crippen molar-refractivity contribution in [2.75, 3.05) is 16.1 Å². The van der Waals surface area contributed by atoms with Crippen molar-refractivity contribution >= 4 is 52.7 Å². The van der Waals surface area contributed by atoms with Crippen molar-refractivity contribution in [3.63, 3.8) is 0 Å². The number of anilines is 5. The molecule has 0 unspecified atom stereocenters. The van der Waals surface area contributed by atoms with Gasteiger partial charge in [0.05, 0.1) is 11.1 Å². The van der Waals surface area contributed by atoms with E-state index in [1.165, 1.54) is 17.7 Å². The number of rotatable bonds is 8. The van der Waals surface area contributed by atoms with E-state index in [0.29, 0.717) is 10.7 Å². The molecule has 3 N–H and O–H groups in total. The van der Waals surface area contributed by atoms with Crippen molar-refractivity contribution in [1.29, 1.82) is 0 Å². The van der Waals surface area contributed by atoms with E-state index in [2.05, 4.69) is 36.1 Å². The van der Waals surface area contributed by atoms with Crippen molar-refractivity contribution in [2.24, 2.45) is 5.10 Å². The average molecular weight is 489 g/mol. The Balaban J connectivity index is 1.60. The number of hydrogen-bond acceptors (Lipinski definition) is 9. The fourth-order valence-electron chi connectivity index (χ4n) is 3.03. The molecule has 0 saturated carbocycles. The highest BCUT2D eigenvalue weighted by molar-refractivity contribution is 6.30. The number of nitro groups is 1. The molecule has 0 bridgehead atoms. The largest absolute Gasteiger partial charge is 0.324 e. The molecule has 176 valence electrons. The van der Waals surface area contributed by atoms with Crippen LogP contribution in [-0.4, -0.2) is 26.1 Å². The van der Waals surface area contributed by atoms with E-state index in [9.17, 15) is 10.1 Å². The summed E-state index contributed by atoms with van der Waals surface area (Å²) in [7, 11) is 0. The highest BCUT2D eigenvalue weighted by atomic mass is 35.5. The number of nitro benzene ring substituents is 1. The van der Waals surface area contributed by atoms with Crippen LogP contribution < -0.4 is 16.1 Å². The van der Waals surface area contributed by atoms with Gasteiger partial charge in [0.1, 0.15) is 0 Å². The van der Waals surface area contributed by atoms with Gasteiger partial charge in [-0.05, 0) is 66.9 Å². The highest BCUT2D eigenvalue weighted by Gasteiger charge is 2.10. The summed E-state index contributed by atoms with van der Waals surface area (Å²) in [6, 6.07) is 19.1. The summed E-state index contributed by atoms with van der Waals surface area (Å²) in [5, 5.41) is 21.9. The Hall–Kier alpha value is -4.57. The number of nitrogens with one attached hydrogen (secondary N) is 3. The summed E-state index contributed by atoms with van der Waals surface area (Å²) in [5.74, 6) is 0.697. The summed E-state index contributed by atoms with van der Waals surface area (Å²) < 4.78 is 0. The van der Waals surface area contributed by atoms with E-state index in [4.69, 9.17) is 11.6 Å². The predicted molar refractivity (Wildman–Crippen MR) is 138 cm³/mol. The molecule has 0 spiro atoms. The van der Waals surface area contributed by atoms with Gasteiger partial charge in [-0.3, -0.25) is 10.1 Å². The number of aromatic nitrogens is 3. The minimum atomic E-state index is -0.460. The molecule has 35 heavy (non-hydrogen) atoms. The summed E-state index contributed by atoms with van der Waals surface area (Å²) in [6.07, 6.45) is 1.59. The van der Waals surface area contributed by atoms with Crippen molar-refractivity contribution in [3.05, 3.63) is 98.6 Å². The summed E-state index contributed by atoms with van der Waals surface area (Å²) in [4.78, 5) is 23.6. The molecule has 0 aliphatic heterocycles. The summed E-state index contributed by atoms with van der Waals surface area (Å²) in [5.41, 5.74) is 7.28. The van der Waals surface area contributed by atoms with Crippen LogP contribution in [0.5, 0.6) is 0 Å². The number of halogens is 1. The zero-order valence-corrected chi connectivity index (χ0v) is 19.6. The molecule has 10 nitrogen and oxygen atoms in total. The second-order valence-corrected chi connectivity index (χ2v) is 8.02. The predicted octanol–water partition coefficient (Wildman–Crippen LogP) is 5.98. The molecule has 4 rings (SSSR count). The van der Waals surface area contributed by atoms with Gasteiger partial charge >= 0.3 is 0 Å². The Morgan fingerprint density at radius 3 is 2.17 bits per heavy atom. The SMILES string of the molecule is Cc1ccc(Nc2nc(N/N=C/c3cccc(Cl)c3)nc(Nc3ccc([N+](=O)[O-])cc3)n2)cc1C. The molecule has 0 aliphatic rings. The molecule has 1 heterocycles. The van der Waals surface area contributed by atoms with Crippen molar-refractivity contribution in [1.82, 2.24) is 15.0 Å². The maximum atomic E-state index is 10.9. The molecule has 0 radical (unpaired) electrons. The van der Waals surface area contributed by atoms with Crippen LogP contribution in [-0.2, 0) is 0 Å². The van der Waals surface area contributed by atoms with Gasteiger partial charge in [0.15, 0.2) is 0 Å². The fourth-order valence-corrected chi connectivity index (χ4v) is 3.23. The lowest BCUT2D eigenvalue weighted by Crippen LogP contribution is -2.07. The second kappa shape index (κ2) is 10.6. The van der Waals surface area contributed by atoms with Gasteiger partial charge in [-0.15, -0.1) is 0 Å². The van der Waals surface area contributed by atoms with Gasteiger partial charge in [0, 0.05) is 28.5 Å². The number of benzene rings is 3. The Labute approximate surface area is 206 Å². The topological polar surface area (TPSA) is 130 Å². The Morgan fingerprint density at radius 2 is 1.51 bits per heavy atom. The maximum Gasteiger partial charge on any atom is 0.269 e. The minimum absolute atomic E-state index is 0.0130. The first kappa shape index (κ1) is 23.6. The molecule has 4 aromatic rings. The van der Waals surface area contributed by atoms with Crippen molar-refractivity contribution in [3.8, 4) is 0 Å². The normalized spacial score (nSPS) is 10.8. The van der Waals surface area contributed by atoms with Gasteiger partial charge in [0.2, 0.25) is 17.8 Å². The van der Waals surface area contributed by atoms with Crippen molar-refractivity contribution < 1.29 is 4.92 Å². The van der Waals surface area contributed by atoms with Crippen LogP contribution in [0.4, 0.5) is 34.9 Å². The Bertz CT molecular complexity index is 1390. The zero-order valence-electron chi connectivity index (χ0n) is 18.9. The van der Waals surface area contributed by atoms with Crippen LogP contribution in [0.15, 0.2) is 71.8 Å². The van der Waals surface area contributed by atoms with E-state index < -0.39 is 4.92 Å². The molecule has 0 aliphatic carbocycles. The molecule has 0 saturated heterocycles. The Kier molecular flexibility index (Phi) is 7.12. The molecular formula is C24H21ClN8O2. The van der Waals surface area contributed by atoms with Crippen molar-refractivity contribution in [2.45, 2.75) is 13.8 Å². The molecule has 3 aromatic carbocycles. The van der Waals surface area contributed by atoms with E-state index >= 15 is 0 Å². The smallest absolute Gasteiger partial charge is 0.269 e. The van der Waals surface area contributed by atoms with Crippen LogP contribution in [0.2, 0.25) is 5.02 Å². The monoisotopic (exact) mass is 488 g/mol. The van der Waals surface area contributed by atoms with Crippen LogP contribution >= 0.6 is 11.6 Å². The molecular weight excluding hydrogens is 468 g/mol. The van der Waals surface area contributed by atoms with Gasteiger partial charge in [-0.2, -0.15) is 20.1 Å². The quantitative estimate of drug-likeness (QED) is 0.157. The molecule has 0 atom stereocenters. The molecule has 1 aromatic heterocycles. The van der Waals surface area contributed by atoms with E-state index in [1.807, 2.05) is 44.2 Å². The number of hydrazone groups is 1. The van der Waals surface area contributed by atoms with E-state index in [1.54, 1.807) is 30.5 Å². The first-order chi connectivity index (χ1) is 16.9. The van der Waals surface area contributed by atoms with Gasteiger partial charge in [0.25, 0.3) is 5.69 Å². The van der Waals surface area contributed by atoms with Crippen LogP contribution in [0.25, 0.3) is 0 Å².